The number of thiol groups is 2. The first-order valence-corrected chi connectivity index (χ1v) is 16.8. The normalized spacial score (nSPS) is 11.2. The first kappa shape index (κ1) is 25.1. The molecule has 0 aromatic heterocycles. The van der Waals surface area contributed by atoms with Crippen LogP contribution in [0.2, 0.25) is 0 Å². The van der Waals surface area contributed by atoms with Crippen molar-refractivity contribution in [2.75, 3.05) is 74.1 Å². The van der Waals surface area contributed by atoms with E-state index in [1.807, 2.05) is 45.1 Å². The average Bonchev–Trinajstić information content (AvgIpc) is 2.54. The fourth-order valence-corrected chi connectivity index (χ4v) is 9.53. The molecule has 0 saturated carbocycles. The lowest BCUT2D eigenvalue weighted by molar-refractivity contribution is 1.47. The first-order chi connectivity index (χ1) is 10.9. The molecule has 0 saturated heterocycles. The van der Waals surface area contributed by atoms with Crippen molar-refractivity contribution >= 4 is 106 Å². The van der Waals surface area contributed by atoms with Gasteiger partial charge >= 0.3 is 0 Å². The van der Waals surface area contributed by atoms with E-state index in [1.54, 1.807) is 0 Å². The molecule has 9 heteroatoms. The maximum atomic E-state index is 4.22. The number of rotatable bonds is 19. The second-order valence-corrected chi connectivity index (χ2v) is 13.8. The van der Waals surface area contributed by atoms with E-state index >= 15 is 0 Å². The molecular weight excluding hydrogens is 445 g/mol. The van der Waals surface area contributed by atoms with Gasteiger partial charge in [0.15, 0.2) is 0 Å². The SMILES string of the molecule is SCCSCCSCCSSCCSCCSCCSCS. The molecular formula is C13H28S9. The lowest BCUT2D eigenvalue weighted by Crippen LogP contribution is -1.92. The van der Waals surface area contributed by atoms with Gasteiger partial charge in [0.1, 0.15) is 0 Å². The fourth-order valence-electron chi connectivity index (χ4n) is 1.19. The highest BCUT2D eigenvalue weighted by molar-refractivity contribution is 8.76. The molecule has 0 amide bonds. The Hall–Kier alpha value is 3.15. The maximum Gasteiger partial charge on any atom is 0.0362 e. The summed E-state index contributed by atoms with van der Waals surface area (Å²) in [4.78, 5) is 0. The second kappa shape index (κ2) is 24.1. The molecule has 0 spiro atoms. The Kier molecular flexibility index (Phi) is 27.6. The minimum Gasteiger partial charge on any atom is -0.179 e. The number of hydrogen-bond donors (Lipinski definition) is 2. The van der Waals surface area contributed by atoms with E-state index in [0.717, 1.165) is 10.8 Å². The van der Waals surface area contributed by atoms with Crippen molar-refractivity contribution in [1.29, 1.82) is 0 Å². The standard InChI is InChI=1S/C13H28S9/c14-1-2-16-3-4-18-9-11-21-22-12-10-19-6-5-17-7-8-20-13-15/h14-15H,1-13H2. The van der Waals surface area contributed by atoms with Gasteiger partial charge in [0, 0.05) is 68.4 Å². The zero-order valence-electron chi connectivity index (χ0n) is 12.9. The molecule has 0 aliphatic rings. The van der Waals surface area contributed by atoms with Gasteiger partial charge in [-0.05, 0) is 5.75 Å². The minimum absolute atomic E-state index is 0.956. The van der Waals surface area contributed by atoms with Crippen LogP contribution in [0.5, 0.6) is 0 Å². The molecule has 0 aliphatic heterocycles. The zero-order chi connectivity index (χ0) is 16.1. The van der Waals surface area contributed by atoms with Crippen LogP contribution >= 0.6 is 106 Å². The van der Waals surface area contributed by atoms with Gasteiger partial charge in [-0.3, -0.25) is 0 Å². The number of hydrogen-bond acceptors (Lipinski definition) is 9. The van der Waals surface area contributed by atoms with Crippen LogP contribution in [0.1, 0.15) is 0 Å². The summed E-state index contributed by atoms with van der Waals surface area (Å²) in [6, 6.07) is 0. The molecule has 0 aliphatic carbocycles. The third kappa shape index (κ3) is 23.1. The van der Waals surface area contributed by atoms with E-state index in [2.05, 4.69) is 60.5 Å². The molecule has 0 aromatic carbocycles. The van der Waals surface area contributed by atoms with E-state index < -0.39 is 0 Å². The van der Waals surface area contributed by atoms with Crippen molar-refractivity contribution in [2.24, 2.45) is 0 Å². The lowest BCUT2D eigenvalue weighted by atomic mass is 10.9. The van der Waals surface area contributed by atoms with Gasteiger partial charge in [-0.2, -0.15) is 84.1 Å². The van der Waals surface area contributed by atoms with E-state index in [9.17, 15) is 0 Å². The first-order valence-electron chi connectivity index (χ1n) is 7.26. The largest absolute Gasteiger partial charge is 0.179 e. The van der Waals surface area contributed by atoms with E-state index in [4.69, 9.17) is 0 Å². The molecule has 0 unspecified atom stereocenters. The topological polar surface area (TPSA) is 0 Å². The predicted octanol–water partition coefficient (Wildman–Crippen LogP) is 5.85. The van der Waals surface area contributed by atoms with Crippen LogP contribution < -0.4 is 0 Å². The second-order valence-electron chi connectivity index (χ2n) is 3.85. The van der Waals surface area contributed by atoms with Crippen molar-refractivity contribution in [3.8, 4) is 0 Å². The Bertz CT molecular complexity index is 174. The Morgan fingerprint density at radius 2 is 0.773 bits per heavy atom. The predicted molar refractivity (Wildman–Crippen MR) is 134 cm³/mol. The smallest absolute Gasteiger partial charge is 0.0362 e. The molecule has 0 radical (unpaired) electrons. The highest BCUT2D eigenvalue weighted by Crippen LogP contribution is 2.23. The van der Waals surface area contributed by atoms with E-state index in [1.165, 1.54) is 63.3 Å². The van der Waals surface area contributed by atoms with Crippen LogP contribution in [0.25, 0.3) is 0 Å². The highest BCUT2D eigenvalue weighted by atomic mass is 33.1. The summed E-state index contributed by atoms with van der Waals surface area (Å²) in [5, 5.41) is 0.956. The van der Waals surface area contributed by atoms with Gasteiger partial charge in [-0.15, -0.1) is 0 Å². The van der Waals surface area contributed by atoms with Crippen LogP contribution in [-0.4, -0.2) is 74.1 Å². The monoisotopic (exact) mass is 472 g/mol. The van der Waals surface area contributed by atoms with Gasteiger partial charge in [0.05, 0.1) is 0 Å². The van der Waals surface area contributed by atoms with Gasteiger partial charge in [0.25, 0.3) is 0 Å². The van der Waals surface area contributed by atoms with Gasteiger partial charge in [-0.25, -0.2) is 0 Å². The van der Waals surface area contributed by atoms with Crippen molar-refractivity contribution in [1.82, 2.24) is 0 Å². The van der Waals surface area contributed by atoms with Crippen LogP contribution in [0.4, 0.5) is 0 Å². The highest BCUT2D eigenvalue weighted by Gasteiger charge is 1.95. The molecule has 0 rings (SSSR count). The Balaban J connectivity index is 2.91. The number of thioether (sulfide) groups is 5. The molecule has 0 N–H and O–H groups in total. The van der Waals surface area contributed by atoms with Crippen molar-refractivity contribution in [2.45, 2.75) is 0 Å². The van der Waals surface area contributed by atoms with Crippen molar-refractivity contribution in [3.05, 3.63) is 0 Å². The summed E-state index contributed by atoms with van der Waals surface area (Å²) < 4.78 is 0. The molecule has 0 fully saturated rings. The molecule has 22 heavy (non-hydrogen) atoms. The molecule has 0 atom stereocenters. The molecule has 0 bridgehead atoms. The third-order valence-electron chi connectivity index (χ3n) is 2.15. The Labute approximate surface area is 178 Å². The summed E-state index contributed by atoms with van der Waals surface area (Å²) >= 11 is 18.6. The third-order valence-corrected chi connectivity index (χ3v) is 11.5. The fraction of sp³-hybridized carbons (Fsp3) is 1.00. The molecule has 134 valence electrons. The van der Waals surface area contributed by atoms with E-state index in [0.29, 0.717) is 0 Å². The summed E-state index contributed by atoms with van der Waals surface area (Å²) in [5.74, 6) is 15.1. The van der Waals surface area contributed by atoms with Gasteiger partial charge < -0.3 is 0 Å². The Morgan fingerprint density at radius 3 is 1.18 bits per heavy atom. The summed E-state index contributed by atoms with van der Waals surface area (Å²) in [6.07, 6.45) is 0. The van der Waals surface area contributed by atoms with Gasteiger partial charge in [0.2, 0.25) is 0 Å². The summed E-state index contributed by atoms with van der Waals surface area (Å²) in [7, 11) is 4.10. The van der Waals surface area contributed by atoms with Crippen LogP contribution in [-0.2, 0) is 0 Å². The lowest BCUT2D eigenvalue weighted by Gasteiger charge is -2.03. The quantitative estimate of drug-likeness (QED) is 0.103. The van der Waals surface area contributed by atoms with Crippen LogP contribution in [0.15, 0.2) is 0 Å². The van der Waals surface area contributed by atoms with Crippen LogP contribution in [0.3, 0.4) is 0 Å². The van der Waals surface area contributed by atoms with E-state index in [-0.39, 0.29) is 0 Å². The zero-order valence-corrected chi connectivity index (χ0v) is 20.4. The van der Waals surface area contributed by atoms with Gasteiger partial charge in [-0.1, -0.05) is 21.6 Å². The minimum atomic E-state index is 0.956. The molecule has 0 aromatic rings. The average molecular weight is 473 g/mol. The summed E-state index contributed by atoms with van der Waals surface area (Å²) in [5.41, 5.74) is 0. The molecule has 0 nitrogen and oxygen atoms in total. The maximum absolute atomic E-state index is 4.22. The van der Waals surface area contributed by atoms with Crippen molar-refractivity contribution < 1.29 is 0 Å². The Morgan fingerprint density at radius 1 is 0.409 bits per heavy atom. The summed E-state index contributed by atoms with van der Waals surface area (Å²) in [6.45, 7) is 0. The molecule has 0 heterocycles. The van der Waals surface area contributed by atoms with Crippen LogP contribution in [0, 0.1) is 0 Å². The van der Waals surface area contributed by atoms with Crippen molar-refractivity contribution in [3.63, 3.8) is 0 Å².